The van der Waals surface area contributed by atoms with Gasteiger partial charge in [-0.05, 0) is 171 Å². The number of rotatable bonds is 11. The Hall–Kier alpha value is -11.6. The smallest absolute Gasteiger partial charge is 0.254 e. The number of hydrogen-bond acceptors (Lipinski definition) is 5. The fourth-order valence-electron chi connectivity index (χ4n) is 15.7. The first kappa shape index (κ1) is 59.8. The lowest BCUT2D eigenvalue weighted by atomic mass is 9.33. The Morgan fingerprint density at radius 2 is 0.747 bits per heavy atom. The molecule has 14 aromatic carbocycles. The van der Waals surface area contributed by atoms with Gasteiger partial charge < -0.3 is 24.2 Å². The van der Waals surface area contributed by atoms with Crippen molar-refractivity contribution in [3.05, 3.63) is 339 Å². The molecule has 16 aromatic rings. The van der Waals surface area contributed by atoms with Crippen LogP contribution in [0.5, 0.6) is 0 Å². The molecule has 0 fully saturated rings. The fourth-order valence-corrected chi connectivity index (χ4v) is 17.0. The molecule has 4 heterocycles. The van der Waals surface area contributed by atoms with Crippen molar-refractivity contribution in [1.29, 1.82) is 0 Å². The Morgan fingerprint density at radius 1 is 0.323 bits per heavy atom. The van der Waals surface area contributed by atoms with Crippen LogP contribution in [0.15, 0.2) is 328 Å². The van der Waals surface area contributed by atoms with Gasteiger partial charge in [0.05, 0.1) is 33.8 Å². The second-order valence-corrected chi connectivity index (χ2v) is 29.5. The molecular formula is C92H72BN5S. The maximum absolute atomic E-state index is 2.68. The van der Waals surface area contributed by atoms with Crippen LogP contribution < -0.4 is 36.0 Å². The molecule has 0 aliphatic carbocycles. The molecule has 0 saturated carbocycles. The molecule has 0 unspecified atom stereocenters. The van der Waals surface area contributed by atoms with Gasteiger partial charge in [-0.15, -0.1) is 11.3 Å². The zero-order valence-corrected chi connectivity index (χ0v) is 57.2. The predicted octanol–water partition coefficient (Wildman–Crippen LogP) is 24.1. The molecular weight excluding hydrogens is 1220 g/mol. The van der Waals surface area contributed by atoms with Crippen LogP contribution in [0.1, 0.15) is 52.7 Å². The van der Waals surface area contributed by atoms with E-state index in [4.69, 9.17) is 0 Å². The minimum absolute atomic E-state index is 0.0833. The topological polar surface area (TPSA) is 17.9 Å². The number of anilines is 12. The van der Waals surface area contributed by atoms with E-state index in [1.165, 1.54) is 58.5 Å². The Bertz CT molecular complexity index is 5610. The zero-order chi connectivity index (χ0) is 66.7. The summed E-state index contributed by atoms with van der Waals surface area (Å²) in [5, 5.41) is 4.94. The van der Waals surface area contributed by atoms with E-state index in [-0.39, 0.29) is 17.5 Å². The summed E-state index contributed by atoms with van der Waals surface area (Å²) < 4.78 is 5.07. The molecule has 99 heavy (non-hydrogen) atoms. The zero-order valence-electron chi connectivity index (χ0n) is 56.4. The van der Waals surface area contributed by atoms with Crippen LogP contribution >= 0.6 is 11.3 Å². The molecule has 0 saturated heterocycles. The Morgan fingerprint density at radius 3 is 1.24 bits per heavy atom. The summed E-state index contributed by atoms with van der Waals surface area (Å²) in [6.45, 7) is 13.7. The maximum atomic E-state index is 2.68. The fraction of sp³-hybridized carbons (Fsp3) is 0.0870. The summed E-state index contributed by atoms with van der Waals surface area (Å²) in [5.74, 6) is 0. The highest BCUT2D eigenvalue weighted by Crippen LogP contribution is 2.55. The molecule has 2 aliphatic heterocycles. The van der Waals surface area contributed by atoms with Gasteiger partial charge >= 0.3 is 0 Å². The van der Waals surface area contributed by atoms with Crippen LogP contribution in [0.2, 0.25) is 0 Å². The van der Waals surface area contributed by atoms with Crippen LogP contribution in [0, 0.1) is 0 Å². The molecule has 2 aliphatic rings. The number of nitrogens with zero attached hydrogens (tertiary/aromatic N) is 5. The van der Waals surface area contributed by atoms with E-state index < -0.39 is 0 Å². The van der Waals surface area contributed by atoms with Crippen LogP contribution in [-0.2, 0) is 10.8 Å². The van der Waals surface area contributed by atoms with Gasteiger partial charge in [-0.2, -0.15) is 0 Å². The normalized spacial score (nSPS) is 12.7. The van der Waals surface area contributed by atoms with Crippen molar-refractivity contribution in [2.24, 2.45) is 0 Å². The molecule has 18 rings (SSSR count). The van der Waals surface area contributed by atoms with Gasteiger partial charge in [0, 0.05) is 93.3 Å². The molecule has 2 aromatic heterocycles. The second kappa shape index (κ2) is 23.6. The largest absolute Gasteiger partial charge is 0.311 e. The van der Waals surface area contributed by atoms with Crippen molar-refractivity contribution in [2.45, 2.75) is 52.4 Å². The van der Waals surface area contributed by atoms with E-state index in [1.54, 1.807) is 0 Å². The minimum Gasteiger partial charge on any atom is -0.311 e. The van der Waals surface area contributed by atoms with Crippen molar-refractivity contribution in [1.82, 2.24) is 4.57 Å². The molecule has 0 radical (unpaired) electrons. The van der Waals surface area contributed by atoms with Crippen molar-refractivity contribution in [2.75, 3.05) is 19.6 Å². The van der Waals surface area contributed by atoms with Crippen molar-refractivity contribution in [3.8, 4) is 27.9 Å². The van der Waals surface area contributed by atoms with E-state index in [0.29, 0.717) is 0 Å². The number of hydrogen-bond donors (Lipinski definition) is 0. The van der Waals surface area contributed by atoms with Crippen molar-refractivity contribution < 1.29 is 0 Å². The SMILES string of the molecule is CC(C)(C)c1ccc2c(c1)c1cc(C(C)(C)C)ccc1n2-c1cc2c3c(c1)N(c1ccccc1-c1ccccc1)c1cc(N(c4ccccc4)c4ccccc4)c4c(sc5ccccc54)c1B3c1ccc(N(c3ccccc3)c3ccccc3)cc1N2c1ccccc1-c1ccccc1. The summed E-state index contributed by atoms with van der Waals surface area (Å²) in [6.07, 6.45) is 0. The summed E-state index contributed by atoms with van der Waals surface area (Å²) in [4.78, 5) is 10.2. The van der Waals surface area contributed by atoms with Gasteiger partial charge in [0.2, 0.25) is 0 Å². The average molecular weight is 1290 g/mol. The third-order valence-corrected chi connectivity index (χ3v) is 21.6. The highest BCUT2D eigenvalue weighted by atomic mass is 32.1. The van der Waals surface area contributed by atoms with E-state index >= 15 is 0 Å². The van der Waals surface area contributed by atoms with Gasteiger partial charge in [-0.1, -0.05) is 248 Å². The van der Waals surface area contributed by atoms with Crippen molar-refractivity contribution in [3.63, 3.8) is 0 Å². The van der Waals surface area contributed by atoms with Crippen LogP contribution in [0.4, 0.5) is 68.2 Å². The first-order valence-electron chi connectivity index (χ1n) is 34.5. The van der Waals surface area contributed by atoms with Crippen LogP contribution in [0.3, 0.4) is 0 Å². The van der Waals surface area contributed by atoms with Crippen molar-refractivity contribution >= 4 is 145 Å². The maximum Gasteiger partial charge on any atom is 0.254 e. The number of thiophene rings is 1. The molecule has 0 atom stereocenters. The van der Waals surface area contributed by atoms with Gasteiger partial charge in [-0.25, -0.2) is 0 Å². The molecule has 0 N–H and O–H groups in total. The predicted molar refractivity (Wildman–Crippen MR) is 425 cm³/mol. The van der Waals surface area contributed by atoms with E-state index in [1.807, 2.05) is 11.3 Å². The van der Waals surface area contributed by atoms with E-state index in [9.17, 15) is 0 Å². The number of aromatic nitrogens is 1. The first-order chi connectivity index (χ1) is 48.4. The quantitative estimate of drug-likeness (QED) is 0.120. The van der Waals surface area contributed by atoms with Gasteiger partial charge in [0.15, 0.2) is 0 Å². The molecule has 474 valence electrons. The number of fused-ring (bicyclic) bond motifs is 11. The molecule has 0 bridgehead atoms. The lowest BCUT2D eigenvalue weighted by Gasteiger charge is -2.46. The van der Waals surface area contributed by atoms with Crippen LogP contribution in [-0.4, -0.2) is 11.3 Å². The minimum atomic E-state index is -0.279. The Balaban J connectivity index is 1.05. The third-order valence-electron chi connectivity index (χ3n) is 20.4. The first-order valence-corrected chi connectivity index (χ1v) is 35.3. The van der Waals surface area contributed by atoms with Gasteiger partial charge in [-0.3, -0.25) is 0 Å². The Labute approximate surface area is 584 Å². The molecule has 0 spiro atoms. The van der Waals surface area contributed by atoms with Gasteiger partial charge in [0.25, 0.3) is 6.71 Å². The van der Waals surface area contributed by atoms with E-state index in [0.717, 1.165) is 107 Å². The summed E-state index contributed by atoms with van der Waals surface area (Å²) in [7, 11) is 0. The number of para-hydroxylation sites is 6. The van der Waals surface area contributed by atoms with Crippen LogP contribution in [0.25, 0.3) is 69.9 Å². The third kappa shape index (κ3) is 9.97. The lowest BCUT2D eigenvalue weighted by Crippen LogP contribution is -2.61. The summed E-state index contributed by atoms with van der Waals surface area (Å²) >= 11 is 1.92. The Kier molecular flexibility index (Phi) is 14.3. The van der Waals surface area contributed by atoms with E-state index in [2.05, 4.69) is 393 Å². The lowest BCUT2D eigenvalue weighted by molar-refractivity contribution is 0.590. The summed E-state index contributed by atoms with van der Waals surface area (Å²) in [5.41, 5.74) is 27.2. The average Bonchev–Trinajstić information content (AvgIpc) is 1.67. The van der Waals surface area contributed by atoms with Gasteiger partial charge in [0.1, 0.15) is 0 Å². The molecule has 0 amide bonds. The summed E-state index contributed by atoms with van der Waals surface area (Å²) in [6, 6.07) is 123. The molecule has 7 heteroatoms. The highest BCUT2D eigenvalue weighted by Gasteiger charge is 2.47. The molecule has 5 nitrogen and oxygen atoms in total. The standard InChI is InChI=1S/C92H72BN5S/c1-91(2,3)63-49-53-79-74(55-63)75-56-64(92(4,5)6)50-54-80(75)96(79)70-58-83-88-84(59-70)98(78-47-29-26-44-72(78)62-33-15-8-16-34-62)85-60-82(95(67-39-21-11-22-40-67)68-41-23-12-24-42-68)87-73-45-27-30-48-86(73)99-90(87)89(85)93(88)76-52-51-69(94(65-35-17-9-18-36-65)66-37-19-10-20-38-66)57-81(76)97(83)77-46-28-25-43-71(77)61-31-13-7-14-32-61/h7-60H,1-6H3. The number of benzene rings is 14. The second-order valence-electron chi connectivity index (χ2n) is 28.5. The highest BCUT2D eigenvalue weighted by molar-refractivity contribution is 7.28. The monoisotopic (exact) mass is 1290 g/mol.